The number of aromatic nitrogens is 6. The molecule has 0 radical (unpaired) electrons. The second-order valence-electron chi connectivity index (χ2n) is 16.6. The van der Waals surface area contributed by atoms with Crippen LogP contribution in [0.2, 0.25) is 0 Å². The minimum atomic E-state index is -0.0603. The van der Waals surface area contributed by atoms with Gasteiger partial charge in [0.25, 0.3) is 0 Å². The van der Waals surface area contributed by atoms with Crippen molar-refractivity contribution in [1.82, 2.24) is 29.9 Å². The van der Waals surface area contributed by atoms with Crippen LogP contribution in [0.5, 0.6) is 17.2 Å². The fourth-order valence-electron chi connectivity index (χ4n) is 7.27. The lowest BCUT2D eigenvalue weighted by molar-refractivity contribution is 0.0977. The van der Waals surface area contributed by atoms with Gasteiger partial charge >= 0.3 is 0 Å². The van der Waals surface area contributed by atoms with Gasteiger partial charge in [-0.25, -0.2) is 19.9 Å². The molecule has 16 heteroatoms. The van der Waals surface area contributed by atoms with Crippen molar-refractivity contribution in [3.05, 3.63) is 146 Å². The van der Waals surface area contributed by atoms with Gasteiger partial charge < -0.3 is 28.4 Å². The van der Waals surface area contributed by atoms with Gasteiger partial charge in [-0.15, -0.1) is 11.3 Å². The molecule has 0 aromatic carbocycles. The third-order valence-electron chi connectivity index (χ3n) is 10.6. The van der Waals surface area contributed by atoms with E-state index in [0.717, 1.165) is 83.8 Å². The van der Waals surface area contributed by atoms with Crippen molar-refractivity contribution in [3.8, 4) is 17.2 Å². The van der Waals surface area contributed by atoms with Gasteiger partial charge in [0, 0.05) is 108 Å². The Labute approximate surface area is 394 Å². The predicted molar refractivity (Wildman–Crippen MR) is 251 cm³/mol. The highest BCUT2D eigenvalue weighted by Crippen LogP contribution is 2.23. The van der Waals surface area contributed by atoms with Gasteiger partial charge in [-0.2, -0.15) is 0 Å². The quantitative estimate of drug-likeness (QED) is 0.0908. The first kappa shape index (κ1) is 48.6. The van der Waals surface area contributed by atoms with Gasteiger partial charge in [-0.3, -0.25) is 24.4 Å². The summed E-state index contributed by atoms with van der Waals surface area (Å²) in [5, 5.41) is 2.76. The van der Waals surface area contributed by atoms with Gasteiger partial charge in [0.1, 0.15) is 57.6 Å². The number of carbonyl (C=O) groups is 3. The summed E-state index contributed by atoms with van der Waals surface area (Å²) in [7, 11) is 0. The number of pyridine rings is 5. The Balaban J connectivity index is 0.000000149. The molecule has 3 fully saturated rings. The zero-order valence-corrected chi connectivity index (χ0v) is 39.4. The van der Waals surface area contributed by atoms with Crippen LogP contribution in [0, 0.1) is 34.6 Å². The summed E-state index contributed by atoms with van der Waals surface area (Å²) in [6.07, 6.45) is 7.00. The molecule has 9 heterocycles. The number of ketones is 3. The zero-order valence-electron chi connectivity index (χ0n) is 38.6. The maximum Gasteiger partial charge on any atom is 0.188 e. The van der Waals surface area contributed by atoms with E-state index in [9.17, 15) is 14.4 Å². The van der Waals surface area contributed by atoms with Crippen LogP contribution < -0.4 is 14.2 Å². The molecule has 3 aliphatic heterocycles. The largest absolute Gasteiger partial charge is 0.488 e. The van der Waals surface area contributed by atoms with Crippen molar-refractivity contribution in [2.45, 2.75) is 91.5 Å². The molecule has 0 bridgehead atoms. The zero-order chi connectivity index (χ0) is 47.1. The van der Waals surface area contributed by atoms with Crippen molar-refractivity contribution in [2.75, 3.05) is 39.6 Å². The van der Waals surface area contributed by atoms with E-state index in [0.29, 0.717) is 54.2 Å². The average Bonchev–Trinajstić information content (AvgIpc) is 4.17. The van der Waals surface area contributed by atoms with E-state index in [1.165, 1.54) is 11.3 Å². The SMILES string of the molecule is Cc1cc(O[C@H]2CCOC2)cc(C(=O)Cc2ccccn2)n1.Cc1cc(O[C@H]2CCOC2)cc(C(=O)Cc2nc(C)cs2)n1.Cc1ccc(CC(=O)c2cc(O[C@H]3CCOC3)cc(C)n2)nc1. The predicted octanol–water partition coefficient (Wildman–Crippen LogP) is 7.81. The van der Waals surface area contributed by atoms with Crippen LogP contribution in [-0.4, -0.2) is 105 Å². The first-order valence-corrected chi connectivity index (χ1v) is 23.3. The molecule has 6 aromatic rings. The van der Waals surface area contributed by atoms with Crippen LogP contribution in [0.1, 0.15) is 95.5 Å². The number of rotatable bonds is 15. The van der Waals surface area contributed by atoms with E-state index in [2.05, 4.69) is 29.9 Å². The summed E-state index contributed by atoms with van der Waals surface area (Å²) in [6.45, 7) is 13.4. The number of thiazole rings is 1. The standard InChI is InChI=1S/C18H20N2O3.C17H18N2O3.C16H18N2O3S/c1-12-3-4-14(19-10-12)8-18(21)17-9-16(7-13(2)20-17)23-15-5-6-22-11-15;1-12-8-15(22-14-5-7-21-11-14)10-16(19-12)17(20)9-13-4-2-3-6-18-13;1-10-5-13(21-12-3-4-20-8-12)6-14(17-10)15(19)7-16-18-11(2)9-22-16/h3-4,7,9-10,15H,5-6,8,11H2,1-2H3;2-4,6,8,10,14H,5,7,9,11H2,1H3;5-6,9,12H,3-4,7-8H2,1-2H3/t15-;14-;12-/m000/s1. The molecule has 3 saturated heterocycles. The Morgan fingerprint density at radius 2 is 1.01 bits per heavy atom. The Bertz CT molecular complexity index is 2590. The molecule has 6 aromatic heterocycles. The maximum absolute atomic E-state index is 12.5. The van der Waals surface area contributed by atoms with Crippen molar-refractivity contribution in [3.63, 3.8) is 0 Å². The van der Waals surface area contributed by atoms with E-state index in [-0.39, 0.29) is 54.9 Å². The van der Waals surface area contributed by atoms with Gasteiger partial charge in [0.05, 0.1) is 58.9 Å². The topological polar surface area (TPSA) is 184 Å². The van der Waals surface area contributed by atoms with Crippen LogP contribution in [0.15, 0.2) is 84.5 Å². The molecule has 0 spiro atoms. The van der Waals surface area contributed by atoms with Crippen LogP contribution in [0.4, 0.5) is 0 Å². The highest BCUT2D eigenvalue weighted by Gasteiger charge is 2.22. The van der Waals surface area contributed by atoms with Crippen LogP contribution >= 0.6 is 11.3 Å². The number of hydrogen-bond donors (Lipinski definition) is 0. The summed E-state index contributed by atoms with van der Waals surface area (Å²) in [5.41, 5.74) is 7.07. The maximum atomic E-state index is 12.5. The van der Waals surface area contributed by atoms with E-state index < -0.39 is 0 Å². The third kappa shape index (κ3) is 15.4. The summed E-state index contributed by atoms with van der Waals surface area (Å²) in [4.78, 5) is 63.0. The molecule has 0 amide bonds. The summed E-state index contributed by atoms with van der Waals surface area (Å²) in [5.74, 6) is 1.88. The molecule has 3 atom stereocenters. The van der Waals surface area contributed by atoms with Crippen molar-refractivity contribution < 1.29 is 42.8 Å². The van der Waals surface area contributed by atoms with E-state index in [4.69, 9.17) is 28.4 Å². The molecule has 67 heavy (non-hydrogen) atoms. The number of ether oxygens (including phenoxy) is 6. The number of nitrogens with zero attached hydrogens (tertiary/aromatic N) is 6. The minimum absolute atomic E-state index is 0.0365. The Morgan fingerprint density at radius 1 is 0.552 bits per heavy atom. The summed E-state index contributed by atoms with van der Waals surface area (Å²) >= 11 is 1.50. The van der Waals surface area contributed by atoms with Crippen LogP contribution in [0.25, 0.3) is 0 Å². The highest BCUT2D eigenvalue weighted by molar-refractivity contribution is 7.09. The van der Waals surface area contributed by atoms with Gasteiger partial charge in [-0.1, -0.05) is 12.1 Å². The number of hydrogen-bond acceptors (Lipinski definition) is 16. The first-order valence-electron chi connectivity index (χ1n) is 22.4. The average molecular weight is 929 g/mol. The smallest absolute Gasteiger partial charge is 0.188 e. The Hall–Kier alpha value is -6.33. The van der Waals surface area contributed by atoms with E-state index in [1.807, 2.05) is 88.5 Å². The first-order chi connectivity index (χ1) is 32.4. The van der Waals surface area contributed by atoms with E-state index in [1.54, 1.807) is 30.6 Å². The second kappa shape index (κ2) is 23.9. The molecule has 3 aliphatic rings. The van der Waals surface area contributed by atoms with Gasteiger partial charge in [0.2, 0.25) is 0 Å². The Morgan fingerprint density at radius 3 is 1.39 bits per heavy atom. The van der Waals surface area contributed by atoms with Crippen LogP contribution in [0.3, 0.4) is 0 Å². The number of aryl methyl sites for hydroxylation is 5. The molecular formula is C51H56N6O9S. The second-order valence-corrected chi connectivity index (χ2v) is 17.6. The van der Waals surface area contributed by atoms with Crippen molar-refractivity contribution in [2.24, 2.45) is 0 Å². The van der Waals surface area contributed by atoms with Gasteiger partial charge in [0.15, 0.2) is 17.3 Å². The molecule has 0 aliphatic carbocycles. The molecule has 350 valence electrons. The highest BCUT2D eigenvalue weighted by atomic mass is 32.1. The molecular weight excluding hydrogens is 873 g/mol. The lowest BCUT2D eigenvalue weighted by Gasteiger charge is -2.13. The number of carbonyl (C=O) groups excluding carboxylic acids is 3. The number of Topliss-reactive ketones (excluding diaryl/α,β-unsaturated/α-hetero) is 3. The molecule has 0 saturated carbocycles. The molecule has 15 nitrogen and oxygen atoms in total. The lowest BCUT2D eigenvalue weighted by Crippen LogP contribution is -2.16. The van der Waals surface area contributed by atoms with Crippen LogP contribution in [-0.2, 0) is 33.5 Å². The summed E-state index contributed by atoms with van der Waals surface area (Å²) < 4.78 is 33.5. The lowest BCUT2D eigenvalue weighted by atomic mass is 10.1. The van der Waals surface area contributed by atoms with Crippen molar-refractivity contribution in [1.29, 1.82) is 0 Å². The van der Waals surface area contributed by atoms with Crippen molar-refractivity contribution >= 4 is 28.7 Å². The minimum Gasteiger partial charge on any atom is -0.488 e. The third-order valence-corrected chi connectivity index (χ3v) is 11.5. The van der Waals surface area contributed by atoms with Gasteiger partial charge in [-0.05, 0) is 58.4 Å². The summed E-state index contributed by atoms with van der Waals surface area (Å²) in [6, 6.07) is 20.0. The molecule has 9 rings (SSSR count). The fourth-order valence-corrected chi connectivity index (χ4v) is 8.04. The normalized spacial score (nSPS) is 17.4. The molecule has 0 unspecified atom stereocenters. The Kier molecular flexibility index (Phi) is 17.3. The molecule has 0 N–H and O–H groups in total. The fraction of sp³-hybridized carbons (Fsp3) is 0.392. The van der Waals surface area contributed by atoms with E-state index >= 15 is 0 Å². The monoisotopic (exact) mass is 928 g/mol.